The van der Waals surface area contributed by atoms with Crippen LogP contribution in [0.2, 0.25) is 0 Å². The van der Waals surface area contributed by atoms with Crippen molar-refractivity contribution >= 4 is 27.5 Å². The van der Waals surface area contributed by atoms with E-state index in [1.165, 1.54) is 67.7 Å². The van der Waals surface area contributed by atoms with E-state index in [2.05, 4.69) is 31.2 Å². The molecule has 2 nitrogen and oxygen atoms in total. The van der Waals surface area contributed by atoms with Gasteiger partial charge in [-0.1, -0.05) is 70.1 Å². The number of aryl methyl sites for hydroxylation is 1. The number of nitrogens with zero attached hydrogens (tertiary/aromatic N) is 1. The summed E-state index contributed by atoms with van der Waals surface area (Å²) >= 11 is 0. The molecule has 0 aliphatic heterocycles. The number of benzene rings is 2. The van der Waals surface area contributed by atoms with Gasteiger partial charge in [0.2, 0.25) is 0 Å². The third kappa shape index (κ3) is 4.50. The van der Waals surface area contributed by atoms with Gasteiger partial charge in [0, 0.05) is 16.5 Å². The van der Waals surface area contributed by atoms with Gasteiger partial charge in [-0.25, -0.2) is 4.98 Å². The zero-order valence-electron chi connectivity index (χ0n) is 15.4. The Kier molecular flexibility index (Phi) is 6.27. The van der Waals surface area contributed by atoms with Crippen LogP contribution in [0.3, 0.4) is 0 Å². The van der Waals surface area contributed by atoms with Gasteiger partial charge in [0.1, 0.15) is 0 Å². The molecule has 3 rings (SSSR count). The highest BCUT2D eigenvalue weighted by atomic mass is 14.7. The van der Waals surface area contributed by atoms with E-state index in [4.69, 9.17) is 10.7 Å². The Hall–Kier alpha value is -2.09. The van der Waals surface area contributed by atoms with E-state index in [-0.39, 0.29) is 0 Å². The first-order valence-electron chi connectivity index (χ1n) is 9.86. The molecule has 2 N–H and O–H groups in total. The lowest BCUT2D eigenvalue weighted by atomic mass is 9.98. The summed E-state index contributed by atoms with van der Waals surface area (Å²) in [4.78, 5) is 4.81. The van der Waals surface area contributed by atoms with Gasteiger partial charge in [0.25, 0.3) is 0 Å². The minimum Gasteiger partial charge on any atom is -0.398 e. The maximum absolute atomic E-state index is 6.30. The molecule has 2 heteroatoms. The smallest absolute Gasteiger partial charge is 0.0714 e. The Morgan fingerprint density at radius 2 is 1.52 bits per heavy atom. The molecule has 1 aromatic heterocycles. The van der Waals surface area contributed by atoms with Gasteiger partial charge in [-0.2, -0.15) is 0 Å². The molecule has 1 heterocycles. The van der Waals surface area contributed by atoms with Crippen LogP contribution < -0.4 is 5.73 Å². The highest BCUT2D eigenvalue weighted by molar-refractivity contribution is 5.96. The van der Waals surface area contributed by atoms with Crippen molar-refractivity contribution in [2.24, 2.45) is 0 Å². The number of pyridine rings is 1. The third-order valence-electron chi connectivity index (χ3n) is 5.13. The molecule has 0 fully saturated rings. The lowest BCUT2D eigenvalue weighted by Gasteiger charge is -2.11. The molecule has 0 atom stereocenters. The van der Waals surface area contributed by atoms with Crippen LogP contribution in [0.1, 0.15) is 63.9 Å². The minimum absolute atomic E-state index is 0.910. The predicted molar refractivity (Wildman–Crippen MR) is 110 cm³/mol. The highest BCUT2D eigenvalue weighted by Gasteiger charge is 2.08. The van der Waals surface area contributed by atoms with Crippen LogP contribution >= 0.6 is 0 Å². The summed E-state index contributed by atoms with van der Waals surface area (Å²) in [6.45, 7) is 2.27. The molecule has 0 unspecified atom stereocenters. The lowest BCUT2D eigenvalue weighted by molar-refractivity contribution is 0.576. The number of nitrogens with two attached hydrogens (primary N) is 1. The number of fused-ring (bicyclic) bond motifs is 2. The summed E-state index contributed by atoms with van der Waals surface area (Å²) in [5.74, 6) is 0. The molecule has 0 radical (unpaired) electrons. The number of hydrogen-bond acceptors (Lipinski definition) is 2. The van der Waals surface area contributed by atoms with Crippen LogP contribution in [-0.4, -0.2) is 4.98 Å². The molecule has 0 saturated heterocycles. The van der Waals surface area contributed by atoms with E-state index < -0.39 is 0 Å². The standard InChI is InChI=1S/C23H30N2/c1-2-3-4-5-6-7-8-9-13-19-20-17-18-12-10-11-14-22(18)25-23(20)16-15-21(19)24/h10-12,14-17H,2-9,13,24H2,1H3. The van der Waals surface area contributed by atoms with Crippen molar-refractivity contribution in [3.63, 3.8) is 0 Å². The van der Waals surface area contributed by atoms with E-state index in [0.717, 1.165) is 23.1 Å². The van der Waals surface area contributed by atoms with Crippen molar-refractivity contribution in [3.8, 4) is 0 Å². The molecule has 3 aromatic rings. The van der Waals surface area contributed by atoms with Gasteiger partial charge < -0.3 is 5.73 Å². The molecular weight excluding hydrogens is 304 g/mol. The van der Waals surface area contributed by atoms with Crippen molar-refractivity contribution in [2.75, 3.05) is 5.73 Å². The molecule has 132 valence electrons. The van der Waals surface area contributed by atoms with Gasteiger partial charge >= 0.3 is 0 Å². The number of para-hydroxylation sites is 1. The zero-order chi connectivity index (χ0) is 17.5. The number of aromatic nitrogens is 1. The summed E-state index contributed by atoms with van der Waals surface area (Å²) in [6, 6.07) is 14.6. The average molecular weight is 335 g/mol. The van der Waals surface area contributed by atoms with E-state index in [1.54, 1.807) is 0 Å². The van der Waals surface area contributed by atoms with E-state index in [0.29, 0.717) is 0 Å². The molecule has 0 spiro atoms. The van der Waals surface area contributed by atoms with Gasteiger partial charge in [0.05, 0.1) is 11.0 Å². The maximum Gasteiger partial charge on any atom is 0.0714 e. The normalized spacial score (nSPS) is 11.4. The van der Waals surface area contributed by atoms with Crippen LogP contribution in [0.4, 0.5) is 5.69 Å². The fraction of sp³-hybridized carbons (Fsp3) is 0.435. The average Bonchev–Trinajstić information content (AvgIpc) is 2.64. The molecule has 0 aliphatic rings. The second-order valence-corrected chi connectivity index (χ2v) is 7.11. The Morgan fingerprint density at radius 3 is 2.32 bits per heavy atom. The van der Waals surface area contributed by atoms with E-state index >= 15 is 0 Å². The summed E-state index contributed by atoms with van der Waals surface area (Å²) < 4.78 is 0. The van der Waals surface area contributed by atoms with E-state index in [9.17, 15) is 0 Å². The van der Waals surface area contributed by atoms with Crippen LogP contribution in [0.5, 0.6) is 0 Å². The number of rotatable bonds is 9. The van der Waals surface area contributed by atoms with Gasteiger partial charge in [0.15, 0.2) is 0 Å². The predicted octanol–water partition coefficient (Wildman–Crippen LogP) is 6.65. The molecule has 0 aliphatic carbocycles. The van der Waals surface area contributed by atoms with Crippen LogP contribution in [0, 0.1) is 0 Å². The Morgan fingerprint density at radius 1 is 0.800 bits per heavy atom. The molecule has 0 saturated carbocycles. The SMILES string of the molecule is CCCCCCCCCCc1c(N)ccc2nc3ccccc3cc12. The molecule has 2 aromatic carbocycles. The van der Waals surface area contributed by atoms with Crippen molar-refractivity contribution in [1.82, 2.24) is 4.98 Å². The fourth-order valence-electron chi connectivity index (χ4n) is 3.64. The monoisotopic (exact) mass is 334 g/mol. The third-order valence-corrected chi connectivity index (χ3v) is 5.13. The number of nitrogen functional groups attached to an aromatic ring is 1. The summed E-state index contributed by atoms with van der Waals surface area (Å²) in [5.41, 5.74) is 10.6. The Bertz CT molecular complexity index is 823. The topological polar surface area (TPSA) is 38.9 Å². The van der Waals surface area contributed by atoms with Gasteiger partial charge in [-0.3, -0.25) is 0 Å². The molecule has 0 bridgehead atoms. The van der Waals surface area contributed by atoms with Gasteiger partial charge in [-0.05, 0) is 42.7 Å². The fourth-order valence-corrected chi connectivity index (χ4v) is 3.64. The van der Waals surface area contributed by atoms with Crippen molar-refractivity contribution in [2.45, 2.75) is 64.7 Å². The first kappa shape index (κ1) is 17.7. The Labute approximate surface area is 151 Å². The van der Waals surface area contributed by atoms with Gasteiger partial charge in [-0.15, -0.1) is 0 Å². The summed E-state index contributed by atoms with van der Waals surface area (Å²) in [5, 5.41) is 2.42. The van der Waals surface area contributed by atoms with Crippen LogP contribution in [0.25, 0.3) is 21.8 Å². The second-order valence-electron chi connectivity index (χ2n) is 7.11. The largest absolute Gasteiger partial charge is 0.398 e. The number of hydrogen-bond donors (Lipinski definition) is 1. The van der Waals surface area contributed by atoms with E-state index in [1.807, 2.05) is 18.2 Å². The maximum atomic E-state index is 6.30. The second kappa shape index (κ2) is 8.84. The zero-order valence-corrected chi connectivity index (χ0v) is 15.4. The molecule has 0 amide bonds. The van der Waals surface area contributed by atoms with Crippen molar-refractivity contribution in [1.29, 1.82) is 0 Å². The molecular formula is C23H30N2. The van der Waals surface area contributed by atoms with Crippen molar-refractivity contribution in [3.05, 3.63) is 48.0 Å². The first-order valence-corrected chi connectivity index (χ1v) is 9.86. The minimum atomic E-state index is 0.910. The van der Waals surface area contributed by atoms with Crippen molar-refractivity contribution < 1.29 is 0 Å². The summed E-state index contributed by atoms with van der Waals surface area (Å²) in [7, 11) is 0. The number of unbranched alkanes of at least 4 members (excludes halogenated alkanes) is 7. The Balaban J connectivity index is 1.66. The number of anilines is 1. The highest BCUT2D eigenvalue weighted by Crippen LogP contribution is 2.28. The first-order chi connectivity index (χ1) is 12.3. The van der Waals surface area contributed by atoms with Crippen LogP contribution in [-0.2, 0) is 6.42 Å². The summed E-state index contributed by atoms with van der Waals surface area (Å²) in [6.07, 6.45) is 11.8. The molecule has 25 heavy (non-hydrogen) atoms. The quantitative estimate of drug-likeness (QED) is 0.270. The van der Waals surface area contributed by atoms with Crippen LogP contribution in [0.15, 0.2) is 42.5 Å². The lowest BCUT2D eigenvalue weighted by Crippen LogP contribution is -1.97.